The number of hydrogen-bond donors (Lipinski definition) is 1. The topological polar surface area (TPSA) is 94.2 Å². The second-order valence-electron chi connectivity index (χ2n) is 9.38. The minimum absolute atomic E-state index is 0.00288. The number of hydrogen-bond acceptors (Lipinski definition) is 7. The predicted molar refractivity (Wildman–Crippen MR) is 136 cm³/mol. The van der Waals surface area contributed by atoms with Gasteiger partial charge in [0, 0.05) is 24.2 Å². The van der Waals surface area contributed by atoms with Crippen molar-refractivity contribution in [2.45, 2.75) is 65.3 Å². The van der Waals surface area contributed by atoms with Gasteiger partial charge in [0.15, 0.2) is 0 Å². The van der Waals surface area contributed by atoms with Crippen molar-refractivity contribution in [2.75, 3.05) is 19.3 Å². The standard InChI is InChI=1S/C26H36N2O6S/c1-18(2)32-24-13-20(14-25(16-24)33-19(3)4)17-28(22-9-11-27-12-10-22)26(29)21-7-6-8-23(15-21)34-35(5,30)31/h6-8,13-16,18-19,22,27H,9-12,17H2,1-5H3. The third-order valence-electron chi connectivity index (χ3n) is 5.38. The highest BCUT2D eigenvalue weighted by Gasteiger charge is 2.27. The average molecular weight is 505 g/mol. The van der Waals surface area contributed by atoms with Gasteiger partial charge in [-0.3, -0.25) is 4.79 Å². The fraction of sp³-hybridized carbons (Fsp3) is 0.500. The highest BCUT2D eigenvalue weighted by Crippen LogP contribution is 2.28. The summed E-state index contributed by atoms with van der Waals surface area (Å²) in [5, 5.41) is 3.34. The minimum Gasteiger partial charge on any atom is -0.491 e. The van der Waals surface area contributed by atoms with Gasteiger partial charge in [0.1, 0.15) is 17.2 Å². The van der Waals surface area contributed by atoms with Crippen LogP contribution in [0.5, 0.6) is 17.2 Å². The fourth-order valence-corrected chi connectivity index (χ4v) is 4.56. The first-order valence-electron chi connectivity index (χ1n) is 12.0. The molecule has 2 aromatic carbocycles. The molecule has 9 heteroatoms. The minimum atomic E-state index is -3.70. The van der Waals surface area contributed by atoms with E-state index < -0.39 is 10.1 Å². The molecule has 1 aliphatic heterocycles. The van der Waals surface area contributed by atoms with Crippen molar-refractivity contribution in [3.63, 3.8) is 0 Å². The van der Waals surface area contributed by atoms with Crippen molar-refractivity contribution in [1.82, 2.24) is 10.2 Å². The Morgan fingerprint density at radius 1 is 0.971 bits per heavy atom. The maximum absolute atomic E-state index is 13.7. The van der Waals surface area contributed by atoms with E-state index in [9.17, 15) is 13.2 Å². The van der Waals surface area contributed by atoms with Gasteiger partial charge in [0.05, 0.1) is 18.5 Å². The summed E-state index contributed by atoms with van der Waals surface area (Å²) in [6, 6.07) is 12.1. The van der Waals surface area contributed by atoms with Crippen molar-refractivity contribution >= 4 is 16.0 Å². The summed E-state index contributed by atoms with van der Waals surface area (Å²) in [4.78, 5) is 15.6. The molecule has 0 unspecified atom stereocenters. The Morgan fingerprint density at radius 3 is 2.11 bits per heavy atom. The number of carbonyl (C=O) groups is 1. The lowest BCUT2D eigenvalue weighted by molar-refractivity contribution is 0.0622. The van der Waals surface area contributed by atoms with Gasteiger partial charge in [-0.15, -0.1) is 0 Å². The van der Waals surface area contributed by atoms with Crippen LogP contribution in [0.15, 0.2) is 42.5 Å². The number of rotatable bonds is 10. The SMILES string of the molecule is CC(C)Oc1cc(CN(C(=O)c2cccc(OS(C)(=O)=O)c2)C2CCNCC2)cc(OC(C)C)c1. The van der Waals surface area contributed by atoms with E-state index >= 15 is 0 Å². The number of piperidine rings is 1. The number of carbonyl (C=O) groups excluding carboxylic acids is 1. The van der Waals surface area contributed by atoms with Gasteiger partial charge in [0.2, 0.25) is 0 Å². The lowest BCUT2D eigenvalue weighted by atomic mass is 10.0. The number of nitrogens with one attached hydrogen (secondary N) is 1. The molecular weight excluding hydrogens is 468 g/mol. The van der Waals surface area contributed by atoms with Crippen LogP contribution in [0.1, 0.15) is 56.5 Å². The van der Waals surface area contributed by atoms with Gasteiger partial charge in [-0.2, -0.15) is 8.42 Å². The molecule has 0 aromatic heterocycles. The Balaban J connectivity index is 1.95. The first kappa shape index (κ1) is 26.8. The first-order valence-corrected chi connectivity index (χ1v) is 13.8. The third kappa shape index (κ3) is 8.43. The molecule has 0 saturated carbocycles. The lowest BCUT2D eigenvalue weighted by Gasteiger charge is -2.35. The van der Waals surface area contributed by atoms with Crippen LogP contribution >= 0.6 is 0 Å². The highest BCUT2D eigenvalue weighted by atomic mass is 32.2. The van der Waals surface area contributed by atoms with Crippen molar-refractivity contribution in [3.05, 3.63) is 53.6 Å². The monoisotopic (exact) mass is 504 g/mol. The summed E-state index contributed by atoms with van der Waals surface area (Å²) in [6.45, 7) is 9.87. The van der Waals surface area contributed by atoms with Gasteiger partial charge < -0.3 is 23.9 Å². The largest absolute Gasteiger partial charge is 0.491 e. The highest BCUT2D eigenvalue weighted by molar-refractivity contribution is 7.86. The van der Waals surface area contributed by atoms with Crippen LogP contribution in [-0.4, -0.2) is 56.8 Å². The zero-order valence-electron chi connectivity index (χ0n) is 21.1. The molecular formula is C26H36N2O6S. The summed E-state index contributed by atoms with van der Waals surface area (Å²) >= 11 is 0. The predicted octanol–water partition coefficient (Wildman–Crippen LogP) is 3.99. The Labute approximate surface area is 208 Å². The van der Waals surface area contributed by atoms with E-state index in [1.165, 1.54) is 12.1 Å². The van der Waals surface area contributed by atoms with Crippen molar-refractivity contribution < 1.29 is 26.9 Å². The molecule has 0 bridgehead atoms. The zero-order chi connectivity index (χ0) is 25.6. The van der Waals surface area contributed by atoms with E-state index in [0.717, 1.165) is 37.8 Å². The van der Waals surface area contributed by atoms with Crippen LogP contribution in [0.3, 0.4) is 0 Å². The molecule has 1 heterocycles. The molecule has 192 valence electrons. The van der Waals surface area contributed by atoms with Gasteiger partial charge in [-0.1, -0.05) is 6.07 Å². The molecule has 0 atom stereocenters. The van der Waals surface area contributed by atoms with Crippen molar-refractivity contribution in [3.8, 4) is 17.2 Å². The number of nitrogens with zero attached hydrogens (tertiary/aromatic N) is 1. The van der Waals surface area contributed by atoms with E-state index in [0.29, 0.717) is 23.6 Å². The maximum atomic E-state index is 13.7. The summed E-state index contributed by atoms with van der Waals surface area (Å²) in [7, 11) is -3.70. The van der Waals surface area contributed by atoms with Gasteiger partial charge in [0.25, 0.3) is 5.91 Å². The fourth-order valence-electron chi connectivity index (χ4n) is 4.11. The first-order chi connectivity index (χ1) is 16.5. The van der Waals surface area contributed by atoms with Crippen LogP contribution in [0.25, 0.3) is 0 Å². The Bertz CT molecular complexity index is 1080. The molecule has 1 aliphatic rings. The van der Waals surface area contributed by atoms with E-state index in [1.54, 1.807) is 12.1 Å². The molecule has 1 saturated heterocycles. The van der Waals surface area contributed by atoms with Crippen LogP contribution in [0, 0.1) is 0 Å². The summed E-state index contributed by atoms with van der Waals surface area (Å²) in [6.07, 6.45) is 2.62. The summed E-state index contributed by atoms with van der Waals surface area (Å²) in [5.41, 5.74) is 1.27. The van der Waals surface area contributed by atoms with E-state index in [4.69, 9.17) is 13.7 Å². The van der Waals surface area contributed by atoms with Crippen LogP contribution in [0.2, 0.25) is 0 Å². The Kier molecular flexibility index (Phi) is 9.02. The zero-order valence-corrected chi connectivity index (χ0v) is 21.9. The van der Waals surface area contributed by atoms with Gasteiger partial charge >= 0.3 is 10.1 Å². The number of ether oxygens (including phenoxy) is 2. The molecule has 1 fully saturated rings. The number of benzene rings is 2. The molecule has 3 rings (SSSR count). The second-order valence-corrected chi connectivity index (χ2v) is 11.0. The smallest absolute Gasteiger partial charge is 0.306 e. The van der Waals surface area contributed by atoms with Crippen LogP contribution < -0.4 is 19.0 Å². The van der Waals surface area contributed by atoms with Gasteiger partial charge in [-0.05, 0) is 89.5 Å². The van der Waals surface area contributed by atoms with E-state index in [1.807, 2.05) is 50.8 Å². The molecule has 1 amide bonds. The van der Waals surface area contributed by atoms with Crippen molar-refractivity contribution in [1.29, 1.82) is 0 Å². The second kappa shape index (κ2) is 11.8. The molecule has 0 radical (unpaired) electrons. The molecule has 35 heavy (non-hydrogen) atoms. The summed E-state index contributed by atoms with van der Waals surface area (Å²) < 4.78 is 40.0. The Morgan fingerprint density at radius 2 is 1.57 bits per heavy atom. The van der Waals surface area contributed by atoms with Crippen LogP contribution in [-0.2, 0) is 16.7 Å². The molecule has 8 nitrogen and oxygen atoms in total. The summed E-state index contributed by atoms with van der Waals surface area (Å²) in [5.74, 6) is 1.31. The van der Waals surface area contributed by atoms with Gasteiger partial charge in [-0.25, -0.2) is 0 Å². The maximum Gasteiger partial charge on any atom is 0.306 e. The third-order valence-corrected chi connectivity index (χ3v) is 5.87. The molecule has 0 spiro atoms. The Hall–Kier alpha value is -2.78. The van der Waals surface area contributed by atoms with E-state index in [-0.39, 0.29) is 29.9 Å². The molecule has 0 aliphatic carbocycles. The van der Waals surface area contributed by atoms with Crippen molar-refractivity contribution in [2.24, 2.45) is 0 Å². The molecule has 2 aromatic rings. The van der Waals surface area contributed by atoms with E-state index in [2.05, 4.69) is 5.32 Å². The molecule has 1 N–H and O–H groups in total. The average Bonchev–Trinajstić information content (AvgIpc) is 2.75. The normalized spacial score (nSPS) is 14.7. The number of amides is 1. The van der Waals surface area contributed by atoms with Crippen LogP contribution in [0.4, 0.5) is 0 Å². The lowest BCUT2D eigenvalue weighted by Crippen LogP contribution is -2.45. The quantitative estimate of drug-likeness (QED) is 0.489.